The molecule has 2 aromatic heterocycles. The average Bonchev–Trinajstić information content (AvgIpc) is 2.45. The summed E-state index contributed by atoms with van der Waals surface area (Å²) in [5.41, 5.74) is 0.192. The van der Waals surface area contributed by atoms with Crippen LogP contribution in [-0.2, 0) is 6.18 Å². The van der Waals surface area contributed by atoms with Crippen LogP contribution in [0.2, 0.25) is 0 Å². The van der Waals surface area contributed by atoms with Gasteiger partial charge in [0.05, 0.1) is 6.20 Å². The van der Waals surface area contributed by atoms with Crippen LogP contribution in [0.5, 0.6) is 0 Å². The van der Waals surface area contributed by atoms with Gasteiger partial charge in [-0.15, -0.1) is 0 Å². The van der Waals surface area contributed by atoms with E-state index in [-0.39, 0.29) is 11.2 Å². The maximum atomic E-state index is 12.1. The van der Waals surface area contributed by atoms with Crippen LogP contribution in [0.3, 0.4) is 0 Å². The molecule has 0 aliphatic rings. The third-order valence-electron chi connectivity index (χ3n) is 1.43. The third kappa shape index (κ3) is 1.32. The predicted molar refractivity (Wildman–Crippen MR) is 36.7 cm³/mol. The van der Waals surface area contributed by atoms with Crippen molar-refractivity contribution in [3.05, 3.63) is 18.3 Å². The summed E-state index contributed by atoms with van der Waals surface area (Å²) in [6.45, 7) is 0. The quantitative estimate of drug-likeness (QED) is 0.679. The van der Waals surface area contributed by atoms with Crippen molar-refractivity contribution in [2.75, 3.05) is 0 Å². The number of hydrogen-bond donors (Lipinski definition) is 1. The van der Waals surface area contributed by atoms with Crippen LogP contribution >= 0.6 is 0 Å². The molecule has 2 heterocycles. The topological polar surface area (TPSA) is 54.5 Å². The first-order valence-corrected chi connectivity index (χ1v) is 3.30. The second-order valence-corrected chi connectivity index (χ2v) is 2.34. The van der Waals surface area contributed by atoms with Gasteiger partial charge in [0.2, 0.25) is 5.82 Å². The highest BCUT2D eigenvalue weighted by Crippen LogP contribution is 2.27. The lowest BCUT2D eigenvalue weighted by Crippen LogP contribution is -2.06. The highest BCUT2D eigenvalue weighted by molar-refractivity contribution is 5.68. The molecule has 0 aliphatic heterocycles. The average molecular weight is 188 g/mol. The Morgan fingerprint density at radius 3 is 2.69 bits per heavy atom. The summed E-state index contributed by atoms with van der Waals surface area (Å²) in [6, 6.07) is 0. The van der Waals surface area contributed by atoms with Crippen LogP contribution in [0.15, 0.2) is 12.5 Å². The Morgan fingerprint density at radius 1 is 1.31 bits per heavy atom. The highest BCUT2D eigenvalue weighted by atomic mass is 19.4. The number of hydrogen-bond acceptors (Lipinski definition) is 3. The van der Waals surface area contributed by atoms with Gasteiger partial charge in [-0.2, -0.15) is 13.2 Å². The summed E-state index contributed by atoms with van der Waals surface area (Å²) in [5.74, 6) is -1.05. The van der Waals surface area contributed by atoms with Crippen molar-refractivity contribution < 1.29 is 13.2 Å². The first-order chi connectivity index (χ1) is 6.07. The number of halogens is 3. The zero-order chi connectivity index (χ0) is 9.47. The molecule has 0 spiro atoms. The van der Waals surface area contributed by atoms with E-state index in [0.717, 1.165) is 6.33 Å². The van der Waals surface area contributed by atoms with E-state index in [2.05, 4.69) is 19.9 Å². The fourth-order valence-electron chi connectivity index (χ4n) is 0.896. The maximum Gasteiger partial charge on any atom is 0.449 e. The zero-order valence-corrected chi connectivity index (χ0v) is 6.13. The van der Waals surface area contributed by atoms with Crippen LogP contribution in [-0.4, -0.2) is 19.9 Å². The molecule has 2 aromatic rings. The van der Waals surface area contributed by atoms with Crippen LogP contribution in [0.4, 0.5) is 13.2 Å². The number of nitrogens with one attached hydrogen (secondary N) is 1. The summed E-state index contributed by atoms with van der Waals surface area (Å²) in [4.78, 5) is 12.4. The normalized spacial score (nSPS) is 12.2. The van der Waals surface area contributed by atoms with Gasteiger partial charge in [-0.25, -0.2) is 15.0 Å². The zero-order valence-electron chi connectivity index (χ0n) is 6.13. The van der Waals surface area contributed by atoms with Gasteiger partial charge in [0.25, 0.3) is 0 Å². The minimum atomic E-state index is -4.47. The van der Waals surface area contributed by atoms with E-state index in [0.29, 0.717) is 0 Å². The first-order valence-electron chi connectivity index (χ1n) is 3.30. The molecule has 7 heteroatoms. The van der Waals surface area contributed by atoms with E-state index < -0.39 is 12.0 Å². The minimum Gasteiger partial charge on any atom is -0.332 e. The number of alkyl halides is 3. The SMILES string of the molecule is FC(F)(F)c1nc2ncncc2[nH]1. The molecular weight excluding hydrogens is 185 g/mol. The predicted octanol–water partition coefficient (Wildman–Crippen LogP) is 1.37. The molecule has 0 unspecified atom stereocenters. The molecule has 0 bridgehead atoms. The highest BCUT2D eigenvalue weighted by Gasteiger charge is 2.34. The van der Waals surface area contributed by atoms with E-state index in [1.54, 1.807) is 0 Å². The molecule has 0 saturated carbocycles. The van der Waals surface area contributed by atoms with Crippen molar-refractivity contribution in [3.63, 3.8) is 0 Å². The molecule has 0 atom stereocenters. The lowest BCUT2D eigenvalue weighted by molar-refractivity contribution is -0.144. The van der Waals surface area contributed by atoms with Gasteiger partial charge in [0, 0.05) is 0 Å². The lowest BCUT2D eigenvalue weighted by atomic mass is 10.6. The fraction of sp³-hybridized carbons (Fsp3) is 0.167. The maximum absolute atomic E-state index is 12.1. The molecule has 0 aromatic carbocycles. The van der Waals surface area contributed by atoms with E-state index in [4.69, 9.17) is 0 Å². The van der Waals surface area contributed by atoms with E-state index in [1.807, 2.05) is 0 Å². The number of H-pyrrole nitrogens is 1. The molecule has 0 radical (unpaired) electrons. The number of fused-ring (bicyclic) bond motifs is 1. The first kappa shape index (κ1) is 7.96. The summed E-state index contributed by atoms with van der Waals surface area (Å²) >= 11 is 0. The second kappa shape index (κ2) is 2.41. The molecule has 2 rings (SSSR count). The number of imidazole rings is 1. The van der Waals surface area contributed by atoms with Crippen LogP contribution in [0, 0.1) is 0 Å². The lowest BCUT2D eigenvalue weighted by Gasteiger charge is -1.98. The Morgan fingerprint density at radius 2 is 2.08 bits per heavy atom. The van der Waals surface area contributed by atoms with Crippen molar-refractivity contribution >= 4 is 11.2 Å². The van der Waals surface area contributed by atoms with Gasteiger partial charge in [-0.1, -0.05) is 0 Å². The summed E-state index contributed by atoms with van der Waals surface area (Å²) in [7, 11) is 0. The Balaban J connectivity index is 2.63. The fourth-order valence-corrected chi connectivity index (χ4v) is 0.896. The van der Waals surface area contributed by atoms with Gasteiger partial charge in [0.1, 0.15) is 11.8 Å². The Bertz CT molecular complexity index is 400. The van der Waals surface area contributed by atoms with Gasteiger partial charge in [0.15, 0.2) is 5.65 Å². The number of nitrogens with zero attached hydrogens (tertiary/aromatic N) is 3. The molecule has 0 aliphatic carbocycles. The van der Waals surface area contributed by atoms with E-state index in [9.17, 15) is 13.2 Å². The van der Waals surface area contributed by atoms with Gasteiger partial charge >= 0.3 is 6.18 Å². The Kier molecular flexibility index (Phi) is 1.48. The standard InChI is InChI=1S/C6H3F3N4/c7-6(8,9)5-12-3-1-10-2-11-4(3)13-5/h1-2H,(H,10,11,12,13). The monoisotopic (exact) mass is 188 g/mol. The van der Waals surface area contributed by atoms with Gasteiger partial charge in [-0.05, 0) is 0 Å². The molecule has 0 saturated heterocycles. The summed E-state index contributed by atoms with van der Waals surface area (Å²) in [6.07, 6.45) is -2.09. The number of rotatable bonds is 0. The molecule has 0 amide bonds. The third-order valence-corrected chi connectivity index (χ3v) is 1.43. The molecule has 13 heavy (non-hydrogen) atoms. The van der Waals surface area contributed by atoms with E-state index in [1.165, 1.54) is 6.20 Å². The van der Waals surface area contributed by atoms with Crippen molar-refractivity contribution in [1.29, 1.82) is 0 Å². The Hall–Kier alpha value is -1.66. The van der Waals surface area contributed by atoms with Crippen LogP contribution < -0.4 is 0 Å². The van der Waals surface area contributed by atoms with Crippen LogP contribution in [0.1, 0.15) is 5.82 Å². The molecule has 0 fully saturated rings. The van der Waals surface area contributed by atoms with Crippen molar-refractivity contribution in [2.45, 2.75) is 6.18 Å². The summed E-state index contributed by atoms with van der Waals surface area (Å²) < 4.78 is 36.3. The van der Waals surface area contributed by atoms with E-state index >= 15 is 0 Å². The van der Waals surface area contributed by atoms with Crippen molar-refractivity contribution in [1.82, 2.24) is 19.9 Å². The molecule has 1 N–H and O–H groups in total. The van der Waals surface area contributed by atoms with Gasteiger partial charge in [-0.3, -0.25) is 0 Å². The Labute approximate surface area is 69.8 Å². The minimum absolute atomic E-state index is 0.0160. The second-order valence-electron chi connectivity index (χ2n) is 2.34. The van der Waals surface area contributed by atoms with Crippen molar-refractivity contribution in [3.8, 4) is 0 Å². The largest absolute Gasteiger partial charge is 0.449 e. The number of aromatic amines is 1. The molecular formula is C6H3F3N4. The summed E-state index contributed by atoms with van der Waals surface area (Å²) in [5, 5.41) is 0. The van der Waals surface area contributed by atoms with Crippen LogP contribution in [0.25, 0.3) is 11.2 Å². The smallest absolute Gasteiger partial charge is 0.332 e. The van der Waals surface area contributed by atoms with Gasteiger partial charge < -0.3 is 4.98 Å². The molecule has 4 nitrogen and oxygen atoms in total. The van der Waals surface area contributed by atoms with Crippen molar-refractivity contribution in [2.24, 2.45) is 0 Å². The molecule has 68 valence electrons. The number of aromatic nitrogens is 4.